The summed E-state index contributed by atoms with van der Waals surface area (Å²) in [5.41, 5.74) is 4.91. The molecule has 10 heteroatoms. The minimum Gasteiger partial charge on any atom is -0.449 e. The van der Waals surface area contributed by atoms with Crippen molar-refractivity contribution in [2.24, 2.45) is 11.8 Å². The third-order valence-electron chi connectivity index (χ3n) is 10.2. The molecule has 3 aromatic carbocycles. The highest BCUT2D eigenvalue weighted by Crippen LogP contribution is 2.45. The van der Waals surface area contributed by atoms with E-state index in [2.05, 4.69) is 41.5 Å². The van der Waals surface area contributed by atoms with Gasteiger partial charge in [0, 0.05) is 18.0 Å². The van der Waals surface area contributed by atoms with Crippen molar-refractivity contribution in [2.45, 2.75) is 77.0 Å². The first-order chi connectivity index (χ1) is 23.6. The molecule has 9 nitrogen and oxygen atoms in total. The van der Waals surface area contributed by atoms with Crippen LogP contribution >= 0.6 is 0 Å². The number of H-pyrrole nitrogens is 1. The van der Waals surface area contributed by atoms with Crippen LogP contribution in [0.25, 0.3) is 22.2 Å². The van der Waals surface area contributed by atoms with E-state index in [0.717, 1.165) is 36.8 Å². The first-order valence-electron chi connectivity index (χ1n) is 17.4. The third-order valence-corrected chi connectivity index (χ3v) is 10.2. The van der Waals surface area contributed by atoms with Gasteiger partial charge >= 0.3 is 12.2 Å². The molecule has 2 N–H and O–H groups in total. The van der Waals surface area contributed by atoms with E-state index in [1.165, 1.54) is 16.0 Å². The SMILES string of the molecule is CC1CCC([C@H](NC(=O)OCC2c3ccccc3-c3ccccc32)c2nc3c(F)c(C4COCCN4C(=O)OC(C)(C)C)ccc3[nH]2)CC1. The van der Waals surface area contributed by atoms with Gasteiger partial charge in [0.25, 0.3) is 0 Å². The molecular formula is C39H45FN4O5. The Bertz CT molecular complexity index is 1800. The fraction of sp³-hybridized carbons (Fsp3) is 0.462. The first kappa shape index (κ1) is 33.1. The van der Waals surface area contributed by atoms with Crippen LogP contribution in [0.2, 0.25) is 0 Å². The fourth-order valence-electron chi connectivity index (χ4n) is 7.68. The summed E-state index contributed by atoms with van der Waals surface area (Å²) < 4.78 is 33.6. The Labute approximate surface area is 286 Å². The van der Waals surface area contributed by atoms with Gasteiger partial charge < -0.3 is 24.5 Å². The normalized spacial score (nSPS) is 21.6. The molecule has 0 bridgehead atoms. The standard InChI is InChI=1S/C39H45FN4O5/c1-23-13-15-24(16-14-23)34(43-37(45)48-21-30-27-11-7-5-9-25(27)26-10-6-8-12-28(26)30)36-41-31-18-17-29(33(40)35(31)42-36)32-22-47-20-19-44(32)38(46)49-39(2,3)4/h5-12,17-18,23-24,30,32,34H,13-16,19-22H2,1-4H3,(H,41,42)(H,43,45)/t23?,24?,32?,34-/m0/s1. The molecule has 1 aliphatic heterocycles. The maximum Gasteiger partial charge on any atom is 0.410 e. The Hall–Kier alpha value is -4.44. The van der Waals surface area contributed by atoms with E-state index in [1.54, 1.807) is 32.9 Å². The summed E-state index contributed by atoms with van der Waals surface area (Å²) in [6, 6.07) is 18.8. The summed E-state index contributed by atoms with van der Waals surface area (Å²) in [5, 5.41) is 3.13. The maximum absolute atomic E-state index is 16.4. The number of carbonyl (C=O) groups excluding carboxylic acids is 2. The second-order valence-electron chi connectivity index (χ2n) is 14.7. The highest BCUT2D eigenvalue weighted by Gasteiger charge is 2.36. The zero-order chi connectivity index (χ0) is 34.3. The van der Waals surface area contributed by atoms with Gasteiger partial charge in [0.05, 0.1) is 30.8 Å². The lowest BCUT2D eigenvalue weighted by Gasteiger charge is -2.36. The second-order valence-corrected chi connectivity index (χ2v) is 14.7. The zero-order valence-electron chi connectivity index (χ0n) is 28.6. The third kappa shape index (κ3) is 6.75. The fourth-order valence-corrected chi connectivity index (χ4v) is 7.68. The van der Waals surface area contributed by atoms with Gasteiger partial charge in [-0.3, -0.25) is 4.90 Å². The molecule has 1 saturated heterocycles. The highest BCUT2D eigenvalue weighted by atomic mass is 19.1. The van der Waals surface area contributed by atoms with Crippen LogP contribution in [-0.4, -0.2) is 59.0 Å². The average molecular weight is 669 g/mol. The van der Waals surface area contributed by atoms with Crippen molar-refractivity contribution in [1.29, 1.82) is 0 Å². The number of aromatic amines is 1. The summed E-state index contributed by atoms with van der Waals surface area (Å²) in [5.74, 6) is 0.612. The maximum atomic E-state index is 16.4. The lowest BCUT2D eigenvalue weighted by Crippen LogP contribution is -2.46. The molecule has 2 fully saturated rings. The number of imidazole rings is 1. The molecule has 0 radical (unpaired) electrons. The molecule has 3 aliphatic rings. The number of hydrogen-bond donors (Lipinski definition) is 2. The van der Waals surface area contributed by atoms with Crippen molar-refractivity contribution in [3.8, 4) is 11.1 Å². The van der Waals surface area contributed by atoms with Gasteiger partial charge in [-0.1, -0.05) is 74.4 Å². The molecule has 1 aromatic heterocycles. The Kier molecular flexibility index (Phi) is 9.09. The minimum atomic E-state index is -0.689. The number of aromatic nitrogens is 2. The topological polar surface area (TPSA) is 106 Å². The van der Waals surface area contributed by atoms with E-state index in [1.807, 2.05) is 24.3 Å². The number of rotatable bonds is 6. The molecule has 1 saturated carbocycles. The van der Waals surface area contributed by atoms with Crippen LogP contribution in [0, 0.1) is 17.7 Å². The predicted molar refractivity (Wildman–Crippen MR) is 185 cm³/mol. The number of amides is 2. The van der Waals surface area contributed by atoms with Gasteiger partial charge in [0.15, 0.2) is 5.82 Å². The Morgan fingerprint density at radius 3 is 2.35 bits per heavy atom. The van der Waals surface area contributed by atoms with E-state index >= 15 is 4.39 Å². The number of halogens is 1. The molecule has 2 aliphatic carbocycles. The van der Waals surface area contributed by atoms with Crippen molar-refractivity contribution < 1.29 is 28.2 Å². The number of morpholine rings is 1. The number of carbonyl (C=O) groups is 2. The zero-order valence-corrected chi connectivity index (χ0v) is 28.6. The summed E-state index contributed by atoms with van der Waals surface area (Å²) in [6.07, 6.45) is 2.85. The number of alkyl carbamates (subject to hydrolysis) is 1. The predicted octanol–water partition coefficient (Wildman–Crippen LogP) is 8.42. The highest BCUT2D eigenvalue weighted by molar-refractivity contribution is 5.80. The van der Waals surface area contributed by atoms with Crippen LogP contribution in [-0.2, 0) is 14.2 Å². The Balaban J connectivity index is 1.13. The van der Waals surface area contributed by atoms with Crippen molar-refractivity contribution in [1.82, 2.24) is 20.2 Å². The molecular weight excluding hydrogens is 623 g/mol. The average Bonchev–Trinajstić information content (AvgIpc) is 3.66. The summed E-state index contributed by atoms with van der Waals surface area (Å²) in [7, 11) is 0. The lowest BCUT2D eigenvalue weighted by molar-refractivity contribution is -0.0337. The monoisotopic (exact) mass is 668 g/mol. The lowest BCUT2D eigenvalue weighted by atomic mass is 9.79. The molecule has 2 amide bonds. The number of nitrogens with zero attached hydrogens (tertiary/aromatic N) is 2. The molecule has 4 aromatic rings. The minimum absolute atomic E-state index is 0.0603. The van der Waals surface area contributed by atoms with Crippen molar-refractivity contribution in [3.63, 3.8) is 0 Å². The van der Waals surface area contributed by atoms with E-state index < -0.39 is 35.7 Å². The van der Waals surface area contributed by atoms with Crippen LogP contribution in [0.5, 0.6) is 0 Å². The number of hydrogen-bond acceptors (Lipinski definition) is 6. The van der Waals surface area contributed by atoms with E-state index in [4.69, 9.17) is 19.2 Å². The van der Waals surface area contributed by atoms with Gasteiger partial charge in [-0.2, -0.15) is 0 Å². The van der Waals surface area contributed by atoms with Gasteiger partial charge in [-0.25, -0.2) is 19.0 Å². The smallest absolute Gasteiger partial charge is 0.410 e. The van der Waals surface area contributed by atoms with E-state index in [9.17, 15) is 9.59 Å². The van der Waals surface area contributed by atoms with Crippen LogP contribution in [0.15, 0.2) is 60.7 Å². The summed E-state index contributed by atoms with van der Waals surface area (Å²) >= 11 is 0. The quantitative estimate of drug-likeness (QED) is 0.214. The van der Waals surface area contributed by atoms with Gasteiger partial charge in [0.1, 0.15) is 23.5 Å². The van der Waals surface area contributed by atoms with E-state index in [-0.39, 0.29) is 37.1 Å². The van der Waals surface area contributed by atoms with Gasteiger partial charge in [-0.15, -0.1) is 0 Å². The molecule has 49 heavy (non-hydrogen) atoms. The summed E-state index contributed by atoms with van der Waals surface area (Å²) in [4.78, 5) is 36.2. The number of fused-ring (bicyclic) bond motifs is 4. The number of ether oxygens (including phenoxy) is 3. The Morgan fingerprint density at radius 1 is 1.00 bits per heavy atom. The number of benzene rings is 3. The molecule has 2 atom stereocenters. The van der Waals surface area contributed by atoms with Gasteiger partial charge in [-0.05, 0) is 73.8 Å². The van der Waals surface area contributed by atoms with Crippen LogP contribution in [0.3, 0.4) is 0 Å². The summed E-state index contributed by atoms with van der Waals surface area (Å²) in [6.45, 7) is 8.63. The largest absolute Gasteiger partial charge is 0.449 e. The van der Waals surface area contributed by atoms with Crippen LogP contribution < -0.4 is 5.32 Å². The van der Waals surface area contributed by atoms with Crippen LogP contribution in [0.1, 0.15) is 93.9 Å². The first-order valence-corrected chi connectivity index (χ1v) is 17.4. The van der Waals surface area contributed by atoms with Crippen molar-refractivity contribution >= 4 is 23.2 Å². The molecule has 2 heterocycles. The van der Waals surface area contributed by atoms with Gasteiger partial charge in [0.2, 0.25) is 0 Å². The Morgan fingerprint density at radius 2 is 1.67 bits per heavy atom. The molecule has 258 valence electrons. The second kappa shape index (κ2) is 13.5. The van der Waals surface area contributed by atoms with E-state index in [0.29, 0.717) is 29.4 Å². The van der Waals surface area contributed by atoms with Crippen molar-refractivity contribution in [2.75, 3.05) is 26.4 Å². The van der Waals surface area contributed by atoms with Crippen LogP contribution in [0.4, 0.5) is 14.0 Å². The number of nitrogens with one attached hydrogen (secondary N) is 2. The molecule has 1 unspecified atom stereocenters. The molecule has 0 spiro atoms. The molecule has 7 rings (SSSR count). The van der Waals surface area contributed by atoms with Crippen molar-refractivity contribution in [3.05, 3.63) is 89.0 Å².